The standard InChI is InChI=1S/C26H20ClNO2/c1-15-10-11-16(12-22(15)27)28-23(29)14-26(25(28)30)13-21-17-6-2-4-8-19(17)24(26)20-9-5-3-7-18(20)21/h2-12,21,24H,13-14H2,1H3/t21?,24?,26-/m1/s1. The maximum Gasteiger partial charge on any atom is 0.241 e. The van der Waals surface area contributed by atoms with Gasteiger partial charge in [-0.2, -0.15) is 0 Å². The molecule has 0 saturated carbocycles. The number of hydrogen-bond donors (Lipinski definition) is 0. The summed E-state index contributed by atoms with van der Waals surface area (Å²) in [6.45, 7) is 1.91. The van der Waals surface area contributed by atoms with Gasteiger partial charge >= 0.3 is 0 Å². The van der Waals surface area contributed by atoms with Crippen molar-refractivity contribution in [2.24, 2.45) is 5.41 Å². The number of benzene rings is 3. The topological polar surface area (TPSA) is 37.4 Å². The monoisotopic (exact) mass is 413 g/mol. The van der Waals surface area contributed by atoms with Crippen LogP contribution in [-0.2, 0) is 9.59 Å². The highest BCUT2D eigenvalue weighted by Crippen LogP contribution is 2.64. The highest BCUT2D eigenvalue weighted by Gasteiger charge is 2.62. The number of aryl methyl sites for hydroxylation is 1. The number of hydrogen-bond acceptors (Lipinski definition) is 2. The smallest absolute Gasteiger partial charge is 0.241 e. The average molecular weight is 414 g/mol. The van der Waals surface area contributed by atoms with Crippen molar-refractivity contribution in [1.82, 2.24) is 0 Å². The molecule has 3 aliphatic carbocycles. The Labute approximate surface area is 180 Å². The Morgan fingerprint density at radius 1 is 0.900 bits per heavy atom. The lowest BCUT2D eigenvalue weighted by molar-refractivity contribution is -0.127. The summed E-state index contributed by atoms with van der Waals surface area (Å²) in [7, 11) is 0. The minimum Gasteiger partial charge on any atom is -0.274 e. The Balaban J connectivity index is 1.53. The molecule has 1 atom stereocenters. The van der Waals surface area contributed by atoms with Crippen molar-refractivity contribution in [3.05, 3.63) is 99.6 Å². The van der Waals surface area contributed by atoms with Gasteiger partial charge in [0.25, 0.3) is 0 Å². The van der Waals surface area contributed by atoms with Crippen LogP contribution in [0.4, 0.5) is 5.69 Å². The summed E-state index contributed by atoms with van der Waals surface area (Å²) in [5, 5.41) is 0.565. The molecule has 1 spiro atoms. The van der Waals surface area contributed by atoms with E-state index in [0.717, 1.165) is 5.56 Å². The number of halogens is 1. The second kappa shape index (κ2) is 6.05. The molecule has 1 heterocycles. The Hall–Kier alpha value is -2.91. The van der Waals surface area contributed by atoms with Crippen LogP contribution >= 0.6 is 11.6 Å². The summed E-state index contributed by atoms with van der Waals surface area (Å²) in [6.07, 6.45) is 0.910. The van der Waals surface area contributed by atoms with Crippen LogP contribution in [0.25, 0.3) is 0 Å². The molecular formula is C26H20ClNO2. The van der Waals surface area contributed by atoms with E-state index in [0.29, 0.717) is 17.1 Å². The SMILES string of the molecule is Cc1ccc(N2C(=O)C[C@@]3(CC4c5ccccc5C3c3ccccc34)C2=O)cc1Cl. The maximum absolute atomic E-state index is 14.0. The van der Waals surface area contributed by atoms with Gasteiger partial charge in [0.15, 0.2) is 0 Å². The zero-order chi connectivity index (χ0) is 20.6. The van der Waals surface area contributed by atoms with Crippen molar-refractivity contribution in [2.45, 2.75) is 31.6 Å². The molecule has 2 amide bonds. The molecule has 1 aliphatic heterocycles. The molecule has 0 unspecified atom stereocenters. The van der Waals surface area contributed by atoms with Gasteiger partial charge in [-0.15, -0.1) is 0 Å². The van der Waals surface area contributed by atoms with Gasteiger partial charge < -0.3 is 0 Å². The highest BCUT2D eigenvalue weighted by molar-refractivity contribution is 6.32. The van der Waals surface area contributed by atoms with E-state index in [9.17, 15) is 9.59 Å². The minimum absolute atomic E-state index is 0.0913. The molecule has 0 radical (unpaired) electrons. The second-order valence-corrected chi connectivity index (χ2v) is 9.16. The largest absolute Gasteiger partial charge is 0.274 e. The summed E-state index contributed by atoms with van der Waals surface area (Å²) < 4.78 is 0. The highest BCUT2D eigenvalue weighted by atomic mass is 35.5. The minimum atomic E-state index is -0.734. The van der Waals surface area contributed by atoms with E-state index in [4.69, 9.17) is 11.6 Å². The van der Waals surface area contributed by atoms with Gasteiger partial charge in [0.05, 0.1) is 11.1 Å². The Morgan fingerprint density at radius 2 is 1.50 bits per heavy atom. The number of imide groups is 1. The molecular weight excluding hydrogens is 394 g/mol. The lowest BCUT2D eigenvalue weighted by Crippen LogP contribution is -2.47. The summed E-state index contributed by atoms with van der Waals surface area (Å²) >= 11 is 6.31. The number of nitrogens with zero attached hydrogens (tertiary/aromatic N) is 1. The molecule has 3 aromatic rings. The third kappa shape index (κ3) is 2.16. The van der Waals surface area contributed by atoms with Crippen LogP contribution < -0.4 is 4.90 Å². The first-order chi connectivity index (χ1) is 14.5. The molecule has 2 bridgehead atoms. The quantitative estimate of drug-likeness (QED) is 0.488. The van der Waals surface area contributed by atoms with E-state index in [1.165, 1.54) is 27.2 Å². The number of carbonyl (C=O) groups excluding carboxylic acids is 2. The molecule has 4 heteroatoms. The van der Waals surface area contributed by atoms with Crippen molar-refractivity contribution in [2.75, 3.05) is 4.90 Å². The lowest BCUT2D eigenvalue weighted by Gasteiger charge is -2.50. The van der Waals surface area contributed by atoms with Gasteiger partial charge in [-0.05, 0) is 53.3 Å². The second-order valence-electron chi connectivity index (χ2n) is 8.75. The predicted molar refractivity (Wildman–Crippen MR) is 117 cm³/mol. The van der Waals surface area contributed by atoms with Gasteiger partial charge in [0.1, 0.15) is 0 Å². The van der Waals surface area contributed by atoms with Crippen LogP contribution in [0, 0.1) is 12.3 Å². The zero-order valence-electron chi connectivity index (χ0n) is 16.6. The molecule has 1 fully saturated rings. The van der Waals surface area contributed by atoms with E-state index in [2.05, 4.69) is 36.4 Å². The van der Waals surface area contributed by atoms with E-state index in [1.54, 1.807) is 6.07 Å². The van der Waals surface area contributed by atoms with Crippen LogP contribution in [0.15, 0.2) is 66.7 Å². The normalized spacial score (nSPS) is 26.3. The summed E-state index contributed by atoms with van der Waals surface area (Å²) in [6, 6.07) is 22.2. The molecule has 1 saturated heterocycles. The Bertz CT molecular complexity index is 1200. The van der Waals surface area contributed by atoms with Crippen molar-refractivity contribution in [3.8, 4) is 0 Å². The maximum atomic E-state index is 14.0. The fourth-order valence-corrected chi connectivity index (χ4v) is 6.12. The first kappa shape index (κ1) is 17.9. The van der Waals surface area contributed by atoms with Crippen LogP contribution in [-0.4, -0.2) is 11.8 Å². The molecule has 3 aromatic carbocycles. The Kier molecular flexibility index (Phi) is 3.61. The van der Waals surface area contributed by atoms with E-state index in [1.807, 2.05) is 31.2 Å². The number of amides is 2. The molecule has 0 aromatic heterocycles. The van der Waals surface area contributed by atoms with Crippen molar-refractivity contribution in [3.63, 3.8) is 0 Å². The van der Waals surface area contributed by atoms with Crippen molar-refractivity contribution in [1.29, 1.82) is 0 Å². The molecule has 0 N–H and O–H groups in total. The molecule has 7 rings (SSSR count). The van der Waals surface area contributed by atoms with Gasteiger partial charge in [-0.1, -0.05) is 66.2 Å². The first-order valence-electron chi connectivity index (χ1n) is 10.3. The number of anilines is 1. The van der Waals surface area contributed by atoms with E-state index < -0.39 is 5.41 Å². The first-order valence-corrected chi connectivity index (χ1v) is 10.7. The van der Waals surface area contributed by atoms with Crippen molar-refractivity contribution < 1.29 is 9.59 Å². The van der Waals surface area contributed by atoms with Gasteiger partial charge in [0, 0.05) is 23.3 Å². The van der Waals surface area contributed by atoms with Crippen LogP contribution in [0.2, 0.25) is 5.02 Å². The fourth-order valence-electron chi connectivity index (χ4n) is 5.94. The van der Waals surface area contributed by atoms with Crippen LogP contribution in [0.3, 0.4) is 0 Å². The number of rotatable bonds is 1. The van der Waals surface area contributed by atoms with Gasteiger partial charge in [-0.25, -0.2) is 4.90 Å². The predicted octanol–water partition coefficient (Wildman–Crippen LogP) is 5.58. The molecule has 4 aliphatic rings. The fraction of sp³-hybridized carbons (Fsp3) is 0.231. The number of carbonyl (C=O) groups is 2. The third-order valence-electron chi connectivity index (χ3n) is 7.24. The van der Waals surface area contributed by atoms with Gasteiger partial charge in [0.2, 0.25) is 11.8 Å². The van der Waals surface area contributed by atoms with Gasteiger partial charge in [-0.3, -0.25) is 9.59 Å². The van der Waals surface area contributed by atoms with E-state index in [-0.39, 0.29) is 30.1 Å². The Morgan fingerprint density at radius 3 is 2.10 bits per heavy atom. The van der Waals surface area contributed by atoms with Crippen molar-refractivity contribution >= 4 is 29.1 Å². The summed E-state index contributed by atoms with van der Waals surface area (Å²) in [5.41, 5.74) is 5.74. The van der Waals surface area contributed by atoms with E-state index >= 15 is 0 Å². The zero-order valence-corrected chi connectivity index (χ0v) is 17.3. The lowest BCUT2D eigenvalue weighted by atomic mass is 9.51. The summed E-state index contributed by atoms with van der Waals surface area (Å²) in [4.78, 5) is 28.6. The molecule has 3 nitrogen and oxygen atoms in total. The summed E-state index contributed by atoms with van der Waals surface area (Å²) in [5.74, 6) is -0.188. The molecule has 30 heavy (non-hydrogen) atoms. The van der Waals surface area contributed by atoms with Crippen LogP contribution in [0.1, 0.15) is 52.5 Å². The van der Waals surface area contributed by atoms with Crippen LogP contribution in [0.5, 0.6) is 0 Å². The third-order valence-corrected chi connectivity index (χ3v) is 7.65. The average Bonchev–Trinajstić information content (AvgIpc) is 2.99. The molecule has 148 valence electrons.